The van der Waals surface area contributed by atoms with Gasteiger partial charge in [0.2, 0.25) is 0 Å². The average Bonchev–Trinajstić information content (AvgIpc) is 3.05. The summed E-state index contributed by atoms with van der Waals surface area (Å²) in [6.07, 6.45) is 8.40. The van der Waals surface area contributed by atoms with E-state index in [0.717, 1.165) is 23.8 Å². The van der Waals surface area contributed by atoms with Crippen LogP contribution in [-0.2, 0) is 0 Å². The molecule has 2 atom stereocenters. The van der Waals surface area contributed by atoms with Crippen molar-refractivity contribution in [3.05, 3.63) is 0 Å². The molecule has 0 aromatic rings. The Morgan fingerprint density at radius 3 is 2.31 bits per heavy atom. The van der Waals surface area contributed by atoms with Gasteiger partial charge in [0, 0.05) is 6.04 Å². The van der Waals surface area contributed by atoms with Gasteiger partial charge >= 0.3 is 0 Å². The molecule has 1 nitrogen and oxygen atoms in total. The van der Waals surface area contributed by atoms with Gasteiger partial charge in [0.05, 0.1) is 0 Å². The van der Waals surface area contributed by atoms with Crippen molar-refractivity contribution in [2.45, 2.75) is 72.3 Å². The first-order chi connectivity index (χ1) is 7.65. The largest absolute Gasteiger partial charge is 0.314 e. The maximum Gasteiger partial charge on any atom is 0.00953 e. The summed E-state index contributed by atoms with van der Waals surface area (Å²) in [5.41, 5.74) is 0. The van der Waals surface area contributed by atoms with Crippen LogP contribution < -0.4 is 5.32 Å². The summed E-state index contributed by atoms with van der Waals surface area (Å²) < 4.78 is 0. The summed E-state index contributed by atoms with van der Waals surface area (Å²) in [5, 5.41) is 3.76. The van der Waals surface area contributed by atoms with Crippen LogP contribution in [0.2, 0.25) is 0 Å². The number of nitrogens with one attached hydrogen (secondary N) is 1. The zero-order valence-corrected chi connectivity index (χ0v) is 11.8. The van der Waals surface area contributed by atoms with Crippen LogP contribution in [0, 0.1) is 17.8 Å². The highest BCUT2D eigenvalue weighted by atomic mass is 14.9. The van der Waals surface area contributed by atoms with Gasteiger partial charge in [0.15, 0.2) is 0 Å². The molecular weight excluding hydrogens is 194 g/mol. The quantitative estimate of drug-likeness (QED) is 0.619. The average molecular weight is 225 g/mol. The molecule has 0 radical (unpaired) electrons. The molecule has 0 bridgehead atoms. The normalized spacial score (nSPS) is 20.1. The Balaban J connectivity index is 2.24. The Bertz CT molecular complexity index is 172. The second kappa shape index (κ2) is 7.32. The molecule has 0 heterocycles. The molecule has 0 aliphatic heterocycles. The monoisotopic (exact) mass is 225 g/mol. The fourth-order valence-electron chi connectivity index (χ4n) is 2.58. The molecule has 1 N–H and O–H groups in total. The summed E-state index contributed by atoms with van der Waals surface area (Å²) >= 11 is 0. The molecular formula is C15H31N. The number of rotatable bonds is 9. The van der Waals surface area contributed by atoms with Gasteiger partial charge in [-0.25, -0.2) is 0 Å². The van der Waals surface area contributed by atoms with Gasteiger partial charge in [-0.2, -0.15) is 0 Å². The van der Waals surface area contributed by atoms with Crippen molar-refractivity contribution in [1.29, 1.82) is 0 Å². The number of hydrogen-bond donors (Lipinski definition) is 1. The van der Waals surface area contributed by atoms with Crippen molar-refractivity contribution < 1.29 is 0 Å². The maximum atomic E-state index is 3.76. The van der Waals surface area contributed by atoms with Crippen molar-refractivity contribution in [2.75, 3.05) is 6.54 Å². The Kier molecular flexibility index (Phi) is 6.41. The van der Waals surface area contributed by atoms with Crippen LogP contribution in [0.5, 0.6) is 0 Å². The van der Waals surface area contributed by atoms with E-state index in [9.17, 15) is 0 Å². The Morgan fingerprint density at radius 1 is 1.12 bits per heavy atom. The van der Waals surface area contributed by atoms with E-state index in [-0.39, 0.29) is 0 Å². The van der Waals surface area contributed by atoms with Gasteiger partial charge in [-0.3, -0.25) is 0 Å². The van der Waals surface area contributed by atoms with Crippen LogP contribution in [-0.4, -0.2) is 12.6 Å². The summed E-state index contributed by atoms with van der Waals surface area (Å²) in [6, 6.07) is 0.784. The van der Waals surface area contributed by atoms with Crippen LogP contribution in [0.3, 0.4) is 0 Å². The summed E-state index contributed by atoms with van der Waals surface area (Å²) in [7, 11) is 0. The lowest BCUT2D eigenvalue weighted by atomic mass is 9.91. The lowest BCUT2D eigenvalue weighted by molar-refractivity contribution is 0.312. The van der Waals surface area contributed by atoms with E-state index < -0.39 is 0 Å². The highest BCUT2D eigenvalue weighted by Gasteiger charge is 2.32. The Labute approximate surface area is 102 Å². The fraction of sp³-hybridized carbons (Fsp3) is 1.00. The molecule has 1 saturated carbocycles. The predicted octanol–water partition coefficient (Wildman–Crippen LogP) is 4.23. The minimum absolute atomic E-state index is 0.784. The summed E-state index contributed by atoms with van der Waals surface area (Å²) in [5.74, 6) is 2.80. The smallest absolute Gasteiger partial charge is 0.00953 e. The molecule has 16 heavy (non-hydrogen) atoms. The molecule has 96 valence electrons. The van der Waals surface area contributed by atoms with Crippen molar-refractivity contribution in [3.63, 3.8) is 0 Å². The van der Waals surface area contributed by atoms with Gasteiger partial charge in [-0.15, -0.1) is 0 Å². The third-order valence-electron chi connectivity index (χ3n) is 3.95. The van der Waals surface area contributed by atoms with E-state index in [2.05, 4.69) is 33.0 Å². The van der Waals surface area contributed by atoms with Gasteiger partial charge in [-0.1, -0.05) is 40.5 Å². The molecule has 2 unspecified atom stereocenters. The molecule has 1 rings (SSSR count). The summed E-state index contributed by atoms with van der Waals surface area (Å²) in [4.78, 5) is 0. The Morgan fingerprint density at radius 2 is 1.81 bits per heavy atom. The first kappa shape index (κ1) is 14.0. The zero-order chi connectivity index (χ0) is 12.0. The van der Waals surface area contributed by atoms with Crippen molar-refractivity contribution in [2.24, 2.45) is 17.8 Å². The second-order valence-corrected chi connectivity index (χ2v) is 6.08. The van der Waals surface area contributed by atoms with Crippen LogP contribution in [0.1, 0.15) is 66.2 Å². The zero-order valence-electron chi connectivity index (χ0n) is 11.8. The third-order valence-corrected chi connectivity index (χ3v) is 3.95. The van der Waals surface area contributed by atoms with Crippen LogP contribution in [0.4, 0.5) is 0 Å². The van der Waals surface area contributed by atoms with Crippen molar-refractivity contribution in [3.8, 4) is 0 Å². The highest BCUT2D eigenvalue weighted by Crippen LogP contribution is 2.39. The number of hydrogen-bond acceptors (Lipinski definition) is 1. The maximum absolute atomic E-state index is 3.76. The molecule has 1 aliphatic rings. The third kappa shape index (κ3) is 5.34. The molecule has 1 aliphatic carbocycles. The fourth-order valence-corrected chi connectivity index (χ4v) is 2.58. The molecule has 0 aromatic carbocycles. The molecule has 1 fully saturated rings. The lowest BCUT2D eigenvalue weighted by Crippen LogP contribution is -2.36. The highest BCUT2D eigenvalue weighted by molar-refractivity contribution is 4.86. The molecule has 0 spiro atoms. The minimum Gasteiger partial charge on any atom is -0.314 e. The molecule has 0 aromatic heterocycles. The SMILES string of the molecule is CCCNC(CCCC(C)C)C(C)C1CC1. The van der Waals surface area contributed by atoms with E-state index in [1.54, 1.807) is 0 Å². The predicted molar refractivity (Wildman–Crippen MR) is 72.7 cm³/mol. The van der Waals surface area contributed by atoms with Gasteiger partial charge in [0.1, 0.15) is 0 Å². The molecule has 1 heteroatoms. The first-order valence-electron chi connectivity index (χ1n) is 7.38. The van der Waals surface area contributed by atoms with Gasteiger partial charge in [0.25, 0.3) is 0 Å². The van der Waals surface area contributed by atoms with Crippen LogP contribution in [0.25, 0.3) is 0 Å². The minimum atomic E-state index is 0.784. The topological polar surface area (TPSA) is 12.0 Å². The van der Waals surface area contributed by atoms with Crippen molar-refractivity contribution >= 4 is 0 Å². The van der Waals surface area contributed by atoms with Gasteiger partial charge in [-0.05, 0) is 50.0 Å². The lowest BCUT2D eigenvalue weighted by Gasteiger charge is -2.25. The van der Waals surface area contributed by atoms with E-state index in [4.69, 9.17) is 0 Å². The molecule has 0 saturated heterocycles. The first-order valence-corrected chi connectivity index (χ1v) is 7.38. The summed E-state index contributed by atoms with van der Waals surface area (Å²) in [6.45, 7) is 10.6. The molecule has 0 amide bonds. The van der Waals surface area contributed by atoms with Crippen molar-refractivity contribution in [1.82, 2.24) is 5.32 Å². The standard InChI is InChI=1S/C15H31N/c1-5-11-16-15(8-6-7-12(2)3)13(4)14-9-10-14/h12-16H,5-11H2,1-4H3. The van der Waals surface area contributed by atoms with E-state index in [1.165, 1.54) is 45.1 Å². The van der Waals surface area contributed by atoms with Crippen LogP contribution >= 0.6 is 0 Å². The van der Waals surface area contributed by atoms with Crippen LogP contribution in [0.15, 0.2) is 0 Å². The van der Waals surface area contributed by atoms with E-state index in [1.807, 2.05) is 0 Å². The second-order valence-electron chi connectivity index (χ2n) is 6.08. The Hall–Kier alpha value is -0.0400. The van der Waals surface area contributed by atoms with E-state index in [0.29, 0.717) is 0 Å². The van der Waals surface area contributed by atoms with Gasteiger partial charge < -0.3 is 5.32 Å². The van der Waals surface area contributed by atoms with E-state index >= 15 is 0 Å².